The van der Waals surface area contributed by atoms with Crippen molar-refractivity contribution < 1.29 is 9.84 Å². The van der Waals surface area contributed by atoms with Crippen molar-refractivity contribution in [3.63, 3.8) is 0 Å². The summed E-state index contributed by atoms with van der Waals surface area (Å²) in [5.41, 5.74) is 1.05. The largest absolute Gasteiger partial charge is 0.394 e. The molecule has 1 unspecified atom stereocenters. The van der Waals surface area contributed by atoms with Gasteiger partial charge in [0.25, 0.3) is 0 Å². The van der Waals surface area contributed by atoms with Crippen molar-refractivity contribution >= 4 is 17.4 Å². The minimum absolute atomic E-state index is 0.0683. The van der Waals surface area contributed by atoms with Gasteiger partial charge in [0, 0.05) is 12.2 Å². The first kappa shape index (κ1) is 15.3. The Balaban J connectivity index is 2.25. The lowest BCUT2D eigenvalue weighted by Crippen LogP contribution is -2.15. The highest BCUT2D eigenvalue weighted by Crippen LogP contribution is 2.10. The average Bonchev–Trinajstić information content (AvgIpc) is 2.80. The normalized spacial score (nSPS) is 12.6. The molecule has 0 spiro atoms. The summed E-state index contributed by atoms with van der Waals surface area (Å²) >= 11 is 1.86. The van der Waals surface area contributed by atoms with Crippen LogP contribution < -0.4 is 5.32 Å². The van der Waals surface area contributed by atoms with E-state index in [1.807, 2.05) is 28.8 Å². The average molecular weight is 273 g/mol. The number of hydrogen-bond acceptors (Lipinski definition) is 5. The summed E-state index contributed by atoms with van der Waals surface area (Å²) in [5, 5.41) is 16.3. The molecule has 0 bridgehead atoms. The third-order valence-electron chi connectivity index (χ3n) is 2.50. The molecule has 1 aromatic heterocycles. The number of aliphatic hydroxyl groups is 1. The summed E-state index contributed by atoms with van der Waals surface area (Å²) < 4.78 is 7.04. The fraction of sp³-hybridized carbons (Fsp3) is 0.750. The standard InChI is InChI=1S/C12H23N3O2S/c1-11(3-8-18-2)14-12-9-13-15(10-12)4-6-17-7-5-16/h9-11,14,16H,3-8H2,1-2H3. The number of thioether (sulfide) groups is 1. The molecule has 1 aromatic rings. The van der Waals surface area contributed by atoms with E-state index in [-0.39, 0.29) is 6.61 Å². The van der Waals surface area contributed by atoms with Crippen molar-refractivity contribution in [3.05, 3.63) is 12.4 Å². The van der Waals surface area contributed by atoms with E-state index in [4.69, 9.17) is 9.84 Å². The molecule has 0 aliphatic carbocycles. The number of hydrogen-bond donors (Lipinski definition) is 2. The molecular formula is C12H23N3O2S. The monoisotopic (exact) mass is 273 g/mol. The van der Waals surface area contributed by atoms with Gasteiger partial charge in [-0.15, -0.1) is 0 Å². The fourth-order valence-corrected chi connectivity index (χ4v) is 2.13. The van der Waals surface area contributed by atoms with Gasteiger partial charge in [-0.3, -0.25) is 4.68 Å². The predicted molar refractivity (Wildman–Crippen MR) is 76.2 cm³/mol. The lowest BCUT2D eigenvalue weighted by molar-refractivity contribution is 0.0854. The highest BCUT2D eigenvalue weighted by molar-refractivity contribution is 7.98. The van der Waals surface area contributed by atoms with Gasteiger partial charge in [-0.25, -0.2) is 0 Å². The van der Waals surface area contributed by atoms with E-state index in [0.717, 1.165) is 17.9 Å². The molecule has 0 aliphatic rings. The molecule has 1 heterocycles. The Morgan fingerprint density at radius 2 is 2.39 bits per heavy atom. The van der Waals surface area contributed by atoms with Gasteiger partial charge in [-0.05, 0) is 25.4 Å². The molecule has 0 aromatic carbocycles. The molecule has 0 fully saturated rings. The van der Waals surface area contributed by atoms with E-state index < -0.39 is 0 Å². The number of anilines is 1. The number of rotatable bonds is 10. The molecule has 1 rings (SSSR count). The Labute approximate surface area is 113 Å². The first-order valence-electron chi connectivity index (χ1n) is 6.22. The second-order valence-electron chi connectivity index (χ2n) is 4.15. The fourth-order valence-electron chi connectivity index (χ4n) is 1.54. The SMILES string of the molecule is CSCCC(C)Nc1cnn(CCOCCO)c1. The molecule has 18 heavy (non-hydrogen) atoms. The third-order valence-corrected chi connectivity index (χ3v) is 3.15. The van der Waals surface area contributed by atoms with E-state index in [0.29, 0.717) is 25.8 Å². The summed E-state index contributed by atoms with van der Waals surface area (Å²) in [6.07, 6.45) is 7.09. The quantitative estimate of drug-likeness (QED) is 0.632. The van der Waals surface area contributed by atoms with Gasteiger partial charge in [0.2, 0.25) is 0 Å². The molecule has 0 aliphatic heterocycles. The highest BCUT2D eigenvalue weighted by Gasteiger charge is 2.03. The van der Waals surface area contributed by atoms with Crippen molar-refractivity contribution in [2.75, 3.05) is 37.1 Å². The van der Waals surface area contributed by atoms with E-state index in [1.165, 1.54) is 0 Å². The smallest absolute Gasteiger partial charge is 0.0728 e. The maximum absolute atomic E-state index is 8.58. The van der Waals surface area contributed by atoms with Crippen LogP contribution in [-0.2, 0) is 11.3 Å². The van der Waals surface area contributed by atoms with Gasteiger partial charge < -0.3 is 15.2 Å². The van der Waals surface area contributed by atoms with Crippen LogP contribution >= 0.6 is 11.8 Å². The van der Waals surface area contributed by atoms with Crippen molar-refractivity contribution in [2.45, 2.75) is 25.9 Å². The van der Waals surface area contributed by atoms with Crippen molar-refractivity contribution in [1.82, 2.24) is 9.78 Å². The Hall–Kier alpha value is -0.720. The number of nitrogens with one attached hydrogen (secondary N) is 1. The summed E-state index contributed by atoms with van der Waals surface area (Å²) in [6, 6.07) is 0.459. The zero-order valence-corrected chi connectivity index (χ0v) is 11.9. The number of aliphatic hydroxyl groups excluding tert-OH is 1. The van der Waals surface area contributed by atoms with Crippen LogP contribution in [0.2, 0.25) is 0 Å². The molecule has 0 saturated carbocycles. The van der Waals surface area contributed by atoms with Crippen molar-refractivity contribution in [2.24, 2.45) is 0 Å². The second-order valence-corrected chi connectivity index (χ2v) is 5.14. The molecule has 2 N–H and O–H groups in total. The van der Waals surface area contributed by atoms with Crippen LogP contribution in [-0.4, -0.2) is 52.8 Å². The minimum atomic E-state index is 0.0683. The highest BCUT2D eigenvalue weighted by atomic mass is 32.2. The summed E-state index contributed by atoms with van der Waals surface area (Å²) in [4.78, 5) is 0. The number of ether oxygens (including phenoxy) is 1. The number of nitrogens with zero attached hydrogens (tertiary/aromatic N) is 2. The van der Waals surface area contributed by atoms with Gasteiger partial charge >= 0.3 is 0 Å². The summed E-state index contributed by atoms with van der Waals surface area (Å²) in [7, 11) is 0. The van der Waals surface area contributed by atoms with Gasteiger partial charge in [-0.1, -0.05) is 0 Å². The van der Waals surface area contributed by atoms with E-state index in [1.54, 1.807) is 0 Å². The van der Waals surface area contributed by atoms with Gasteiger partial charge in [0.15, 0.2) is 0 Å². The minimum Gasteiger partial charge on any atom is -0.394 e. The van der Waals surface area contributed by atoms with Crippen LogP contribution in [0.3, 0.4) is 0 Å². The van der Waals surface area contributed by atoms with E-state index >= 15 is 0 Å². The summed E-state index contributed by atoms with van der Waals surface area (Å²) in [5.74, 6) is 1.16. The molecule has 6 heteroatoms. The molecular weight excluding hydrogens is 250 g/mol. The molecule has 0 saturated heterocycles. The van der Waals surface area contributed by atoms with Crippen LogP contribution in [0.5, 0.6) is 0 Å². The Morgan fingerprint density at radius 3 is 3.11 bits per heavy atom. The predicted octanol–water partition coefficient (Wildman–Crippen LogP) is 1.45. The molecule has 0 radical (unpaired) electrons. The Morgan fingerprint density at radius 1 is 1.56 bits per heavy atom. The molecule has 5 nitrogen and oxygen atoms in total. The summed E-state index contributed by atoms with van der Waals surface area (Å²) in [6.45, 7) is 3.92. The van der Waals surface area contributed by atoms with Gasteiger partial charge in [0.1, 0.15) is 0 Å². The maximum Gasteiger partial charge on any atom is 0.0728 e. The molecule has 1 atom stereocenters. The molecule has 0 amide bonds. The maximum atomic E-state index is 8.58. The first-order chi connectivity index (χ1) is 8.76. The topological polar surface area (TPSA) is 59.3 Å². The van der Waals surface area contributed by atoms with Crippen molar-refractivity contribution in [3.8, 4) is 0 Å². The van der Waals surface area contributed by atoms with Crippen LogP contribution in [0.15, 0.2) is 12.4 Å². The van der Waals surface area contributed by atoms with Crippen LogP contribution in [0, 0.1) is 0 Å². The van der Waals surface area contributed by atoms with Gasteiger partial charge in [0.05, 0.1) is 38.2 Å². The van der Waals surface area contributed by atoms with Crippen LogP contribution in [0.25, 0.3) is 0 Å². The Kier molecular flexibility index (Phi) is 7.88. The molecule has 104 valence electrons. The third kappa shape index (κ3) is 6.28. The zero-order valence-electron chi connectivity index (χ0n) is 11.1. The van der Waals surface area contributed by atoms with E-state index in [2.05, 4.69) is 23.6 Å². The van der Waals surface area contributed by atoms with Crippen molar-refractivity contribution in [1.29, 1.82) is 0 Å². The lowest BCUT2D eigenvalue weighted by atomic mass is 10.2. The van der Waals surface area contributed by atoms with Gasteiger partial charge in [-0.2, -0.15) is 16.9 Å². The van der Waals surface area contributed by atoms with Crippen LogP contribution in [0.1, 0.15) is 13.3 Å². The zero-order chi connectivity index (χ0) is 13.2. The Bertz CT molecular complexity index is 320. The first-order valence-corrected chi connectivity index (χ1v) is 7.62. The second kappa shape index (κ2) is 9.24. The number of aromatic nitrogens is 2. The van der Waals surface area contributed by atoms with Crippen LogP contribution in [0.4, 0.5) is 5.69 Å². The van der Waals surface area contributed by atoms with E-state index in [9.17, 15) is 0 Å². The lowest BCUT2D eigenvalue weighted by Gasteiger charge is -2.12.